The molecule has 27 nitrogen and oxygen atoms in total. The molecule has 111 heavy (non-hydrogen) atoms. The zero-order valence-corrected chi connectivity index (χ0v) is 66.3. The summed E-state index contributed by atoms with van der Waals surface area (Å²) in [5, 5.41) is 71.1. The van der Waals surface area contributed by atoms with E-state index in [0.717, 1.165) is 216 Å². The lowest BCUT2D eigenvalue weighted by Crippen LogP contribution is -2.44. The van der Waals surface area contributed by atoms with Crippen LogP contribution in [0.3, 0.4) is 0 Å². The minimum absolute atomic E-state index is 0.116. The van der Waals surface area contributed by atoms with Crippen LogP contribution in [-0.4, -0.2) is 201 Å². The lowest BCUT2D eigenvalue weighted by Gasteiger charge is -2.37. The second-order valence-electron chi connectivity index (χ2n) is 30.7. The van der Waals surface area contributed by atoms with Crippen molar-refractivity contribution in [3.8, 4) is 33.6 Å². The van der Waals surface area contributed by atoms with Crippen LogP contribution >= 0.6 is 0 Å². The minimum Gasteiger partial charge on any atom is -0.395 e. The molecule has 0 spiro atoms. The van der Waals surface area contributed by atoms with E-state index in [1.165, 1.54) is 75.8 Å². The number of hydrogen-bond donors (Lipinski definition) is 12. The fraction of sp³-hybridized carbons (Fsp3) is 0.440. The molecule has 5 atom stereocenters. The number of benzene rings is 1. The molecule has 5 unspecified atom stereocenters. The fourth-order valence-electron chi connectivity index (χ4n) is 16.7. The number of nitrogens with one attached hydrogen (secondary N) is 10. The number of nitrogens with zero attached hydrogens (tertiary/aromatic N) is 15. The Balaban J connectivity index is 0.000000123. The quantitative estimate of drug-likeness (QED) is 0.0315. The second-order valence-corrected chi connectivity index (χ2v) is 30.7. The second kappa shape index (κ2) is 34.5. The van der Waals surface area contributed by atoms with Crippen molar-refractivity contribution in [2.24, 2.45) is 26.8 Å². The maximum Gasteiger partial charge on any atom is 0.158 e. The number of nitrogens with two attached hydrogens (primary N) is 1. The molecule has 0 amide bonds. The molecule has 17 rings (SSSR count). The van der Waals surface area contributed by atoms with E-state index in [-0.39, 0.29) is 36.6 Å². The fourth-order valence-corrected chi connectivity index (χ4v) is 16.7. The number of allylic oxidation sites excluding steroid dienone is 4. The number of aromatic nitrogens is 14. The number of aromatic amines is 6. The van der Waals surface area contributed by atoms with Gasteiger partial charge in [0.2, 0.25) is 0 Å². The molecule has 0 bridgehead atoms. The number of aryl methyl sites for hydroxylation is 5. The number of rotatable bonds is 20. The molecule has 4 aliphatic carbocycles. The largest absolute Gasteiger partial charge is 0.395 e. The molecule has 8 aromatic heterocycles. The lowest BCUT2D eigenvalue weighted by atomic mass is 9.76. The van der Waals surface area contributed by atoms with Gasteiger partial charge in [-0.2, -0.15) is 40.8 Å². The SMILES string of the molecule is C=Cc1[nH]nc(NCCN(C)C)c1-c1cnc(-c2cn[nH]c2C)cc1CCCC.CCCC1=C(C)C2=C(C=CC3NN=C(N)C23)NC1c1cn[nH]c1C.Cc1[nH]ncc1-c1nc2c(c3c1CCCC3)C1C(N(C)CCO)=NNC1C=C2.Cc1[nH]ncc1C(=Nc1ccc2[nH]nc(N3CCN(C)CC3)c2c1)C1=CCCCC1. The van der Waals surface area contributed by atoms with Gasteiger partial charge in [0.15, 0.2) is 11.6 Å². The first kappa shape index (κ1) is 76.7. The zero-order chi connectivity index (χ0) is 77.4. The molecule has 13 N–H and O–H groups in total. The van der Waals surface area contributed by atoms with Crippen LogP contribution in [0.1, 0.15) is 164 Å². The molecule has 1 aromatic carbocycles. The van der Waals surface area contributed by atoms with E-state index in [1.807, 2.05) is 51.0 Å². The van der Waals surface area contributed by atoms with E-state index in [2.05, 4.69) is 236 Å². The summed E-state index contributed by atoms with van der Waals surface area (Å²) in [6.45, 7) is 25.4. The van der Waals surface area contributed by atoms with Crippen molar-refractivity contribution in [3.05, 3.63) is 182 Å². The first-order chi connectivity index (χ1) is 54.0. The van der Waals surface area contributed by atoms with Gasteiger partial charge < -0.3 is 51.9 Å². The molecule has 27 heteroatoms. The van der Waals surface area contributed by atoms with E-state index < -0.39 is 0 Å². The van der Waals surface area contributed by atoms with Gasteiger partial charge in [0.1, 0.15) is 11.7 Å². The highest BCUT2D eigenvalue weighted by atomic mass is 16.3. The van der Waals surface area contributed by atoms with Gasteiger partial charge in [0, 0.05) is 121 Å². The van der Waals surface area contributed by atoms with Crippen molar-refractivity contribution in [3.63, 3.8) is 0 Å². The van der Waals surface area contributed by atoms with Crippen molar-refractivity contribution in [2.75, 3.05) is 90.8 Å². The highest BCUT2D eigenvalue weighted by Crippen LogP contribution is 2.46. The van der Waals surface area contributed by atoms with Crippen LogP contribution in [0, 0.1) is 33.6 Å². The van der Waals surface area contributed by atoms with Gasteiger partial charge in [-0.05, 0) is 213 Å². The third-order valence-corrected chi connectivity index (χ3v) is 22.8. The monoisotopic (exact) mass is 1500 g/mol. The number of dihydropyridines is 1. The Morgan fingerprint density at radius 1 is 0.748 bits per heavy atom. The number of aliphatic hydroxyl groups excluding tert-OH is 1. The number of amidine groups is 2. The zero-order valence-electron chi connectivity index (χ0n) is 66.3. The highest BCUT2D eigenvalue weighted by molar-refractivity contribution is 6.14. The van der Waals surface area contributed by atoms with Crippen LogP contribution in [0.25, 0.3) is 56.7 Å². The Morgan fingerprint density at radius 3 is 2.18 bits per heavy atom. The van der Waals surface area contributed by atoms with E-state index in [0.29, 0.717) is 12.4 Å². The summed E-state index contributed by atoms with van der Waals surface area (Å²) in [5.74, 6) is 3.81. The summed E-state index contributed by atoms with van der Waals surface area (Å²) in [6.07, 6.45) is 36.9. The van der Waals surface area contributed by atoms with Gasteiger partial charge in [0.25, 0.3) is 0 Å². The molecule has 8 aliphatic rings. The predicted octanol–water partition coefficient (Wildman–Crippen LogP) is 12.2. The number of fused-ring (bicyclic) bond motifs is 8. The summed E-state index contributed by atoms with van der Waals surface area (Å²) >= 11 is 0. The molecule has 12 heterocycles. The topological polar surface area (TPSA) is 342 Å². The Labute approximate surface area is 650 Å². The number of hydrogen-bond acceptors (Lipinski definition) is 21. The van der Waals surface area contributed by atoms with E-state index in [1.54, 1.807) is 0 Å². The van der Waals surface area contributed by atoms with Gasteiger partial charge in [0.05, 0.1) is 107 Å². The van der Waals surface area contributed by atoms with Crippen LogP contribution in [0.4, 0.5) is 17.3 Å². The number of aliphatic hydroxyl groups is 1. The molecule has 4 aliphatic heterocycles. The van der Waals surface area contributed by atoms with Crippen molar-refractivity contribution in [1.29, 1.82) is 0 Å². The first-order valence-corrected chi connectivity index (χ1v) is 39.7. The van der Waals surface area contributed by atoms with Crippen LogP contribution in [0.2, 0.25) is 0 Å². The maximum atomic E-state index is 9.40. The number of likely N-dealkylation sites (N-methyl/N-ethyl adjacent to an activating group) is 3. The van der Waals surface area contributed by atoms with Gasteiger partial charge in [-0.15, -0.1) is 0 Å². The number of unbranched alkanes of at least 4 members (excludes halogenated alkanes) is 1. The van der Waals surface area contributed by atoms with Crippen molar-refractivity contribution in [2.45, 2.75) is 156 Å². The number of pyridine rings is 2. The molecule has 1 fully saturated rings. The number of hydrazone groups is 2. The van der Waals surface area contributed by atoms with Gasteiger partial charge in [-0.3, -0.25) is 35.6 Å². The maximum absolute atomic E-state index is 9.40. The van der Waals surface area contributed by atoms with Crippen LogP contribution < -0.4 is 32.1 Å². The van der Waals surface area contributed by atoms with E-state index in [4.69, 9.17) is 20.7 Å². The lowest BCUT2D eigenvalue weighted by molar-refractivity contribution is 0.262. The Bertz CT molecular complexity index is 5060. The average Bonchev–Trinajstić information content (AvgIpc) is 1.72. The van der Waals surface area contributed by atoms with Crippen LogP contribution in [0.15, 0.2) is 129 Å². The standard InChI is InChI=1S/C23H29N7.C22H31N7.C21H26N6O.C18H24N6/c1-16-20(15-24-26-16)22(17-6-4-3-5-7-17)25-18-8-9-21-19(14-18)23(28-27-21)30-12-10-29(2)11-13-30;1-6-8-9-16-12-20(17-14-25-26-15(17)3)24-13-18(16)21-19(7-2)27-28-22(21)23-10-11-29(4)5;1-12-15(11-22-24-12)20-14-6-4-3-5-13(14)18-16(23-20)7-8-17-19(18)21(26-25-17)27(2)9-10-28;1-4-5-11-9(2)15-13(6-7-14-16(15)18(19)24-23-14)21-17(11)12-8-20-22-10(12)3/h6,8-9,14-15H,3-5,7,10-13H2,1-2H3,(H,24,26)(H,27,28);7,12-14H,2,6,8-11H2,1,3-5H3,(H,25,26)(H2,23,27,28);7-8,11,17,19,25,28H,3-6,9-10H2,1-2H3,(H,22,24);6-8,14,16-17,21,23H,4-5H2,1-3H3,(H2,19,24)(H,20,22). The smallest absolute Gasteiger partial charge is 0.158 e. The molecular weight excluding hydrogens is 1390 g/mol. The number of anilines is 2. The Morgan fingerprint density at radius 2 is 1.48 bits per heavy atom. The third kappa shape index (κ3) is 16.2. The normalized spacial score (nSPS) is 19.7. The Hall–Kier alpha value is -11.0. The van der Waals surface area contributed by atoms with Gasteiger partial charge in [-0.25, -0.2) is 9.98 Å². The van der Waals surface area contributed by atoms with Crippen molar-refractivity contribution >= 4 is 57.8 Å². The summed E-state index contributed by atoms with van der Waals surface area (Å²) < 4.78 is 0. The average molecular weight is 1500 g/mol. The number of H-pyrrole nitrogens is 6. The van der Waals surface area contributed by atoms with E-state index >= 15 is 0 Å². The van der Waals surface area contributed by atoms with Crippen LogP contribution in [0.5, 0.6) is 0 Å². The molecule has 9 aromatic rings. The third-order valence-electron chi connectivity index (χ3n) is 22.8. The molecular formula is C84H110N26O. The molecule has 1 saturated heterocycles. The summed E-state index contributed by atoms with van der Waals surface area (Å²) in [7, 11) is 8.30. The van der Waals surface area contributed by atoms with Gasteiger partial charge >= 0.3 is 0 Å². The molecule has 582 valence electrons. The van der Waals surface area contributed by atoms with Gasteiger partial charge in [-0.1, -0.05) is 51.5 Å². The van der Waals surface area contributed by atoms with Crippen molar-refractivity contribution < 1.29 is 5.11 Å². The predicted molar refractivity (Wildman–Crippen MR) is 446 cm³/mol. The Kier molecular flexibility index (Phi) is 23.8. The van der Waals surface area contributed by atoms with Crippen LogP contribution in [-0.2, 0) is 19.3 Å². The highest BCUT2D eigenvalue weighted by Gasteiger charge is 2.42. The number of aliphatic imine (C=N–C) groups is 1. The molecule has 0 saturated carbocycles. The minimum atomic E-state index is 0.116. The summed E-state index contributed by atoms with van der Waals surface area (Å²) in [6, 6.07) is 9.00. The van der Waals surface area contributed by atoms with Crippen molar-refractivity contribution in [1.82, 2.24) is 102 Å². The van der Waals surface area contributed by atoms with E-state index in [9.17, 15) is 5.11 Å². The summed E-state index contributed by atoms with van der Waals surface area (Å²) in [5.41, 5.74) is 42.4. The number of piperazine rings is 1. The summed E-state index contributed by atoms with van der Waals surface area (Å²) in [4.78, 5) is 24.0. The molecule has 0 radical (unpaired) electrons. The first-order valence-electron chi connectivity index (χ1n) is 39.7.